The average Bonchev–Trinajstić information content (AvgIpc) is 2.88. The number of carbonyl (C=O) groups is 1. The molecule has 0 aliphatic heterocycles. The maximum Gasteiger partial charge on any atom is 0.339 e. The highest BCUT2D eigenvalue weighted by atomic mass is 35.5. The van der Waals surface area contributed by atoms with Crippen molar-refractivity contribution in [1.82, 2.24) is 9.97 Å². The minimum atomic E-state index is -0.791. The minimum absolute atomic E-state index is 0.380. The number of aromatic nitrogens is 2. The third-order valence-corrected chi connectivity index (χ3v) is 5.78. The summed E-state index contributed by atoms with van der Waals surface area (Å²) >= 11 is 5.95. The van der Waals surface area contributed by atoms with Gasteiger partial charge in [0, 0.05) is 17.2 Å². The summed E-state index contributed by atoms with van der Waals surface area (Å²) in [6.45, 7) is 2.89. The molecule has 0 amide bonds. The molecule has 0 saturated carbocycles. The molecular weight excluding hydrogens is 464 g/mol. The minimum Gasteiger partial charge on any atom is -0.477 e. The van der Waals surface area contributed by atoms with E-state index in [9.17, 15) is 4.79 Å². The van der Waals surface area contributed by atoms with Gasteiger partial charge < -0.3 is 14.2 Å². The number of fused-ring (bicyclic) bond motifs is 1. The van der Waals surface area contributed by atoms with Crippen LogP contribution in [-0.4, -0.2) is 36.3 Å². The van der Waals surface area contributed by atoms with Crippen molar-refractivity contribution in [2.24, 2.45) is 0 Å². The Balaban J connectivity index is 1.37. The van der Waals surface area contributed by atoms with E-state index >= 15 is 0 Å². The summed E-state index contributed by atoms with van der Waals surface area (Å²) in [5.74, 6) is 0.742. The van der Waals surface area contributed by atoms with Gasteiger partial charge in [-0.3, -0.25) is 0 Å². The number of methoxy groups -OCH3 is 1. The summed E-state index contributed by atoms with van der Waals surface area (Å²) in [6.07, 6.45) is 0.641. The maximum atomic E-state index is 12.2. The van der Waals surface area contributed by atoms with Crippen LogP contribution in [0, 0.1) is 6.92 Å². The fourth-order valence-electron chi connectivity index (χ4n) is 3.61. The molecule has 1 aromatic heterocycles. The Morgan fingerprint density at radius 3 is 2.37 bits per heavy atom. The van der Waals surface area contributed by atoms with Crippen molar-refractivity contribution < 1.29 is 19.0 Å². The Kier molecular flexibility index (Phi) is 8.29. The predicted molar refractivity (Wildman–Crippen MR) is 137 cm³/mol. The molecule has 0 aliphatic carbocycles. The topological polar surface area (TPSA) is 70.5 Å². The number of aryl methyl sites for hydroxylation is 1. The van der Waals surface area contributed by atoms with Gasteiger partial charge in [0.2, 0.25) is 5.88 Å². The van der Waals surface area contributed by atoms with Crippen LogP contribution in [0.25, 0.3) is 22.3 Å². The normalized spacial score (nSPS) is 11.9. The molecule has 4 rings (SSSR count). The Morgan fingerprint density at radius 2 is 1.63 bits per heavy atom. The van der Waals surface area contributed by atoms with Crippen molar-refractivity contribution >= 4 is 28.5 Å². The quantitative estimate of drug-likeness (QED) is 0.190. The third kappa shape index (κ3) is 6.35. The summed E-state index contributed by atoms with van der Waals surface area (Å²) in [5, 5.41) is 1.46. The summed E-state index contributed by atoms with van der Waals surface area (Å²) in [5.41, 5.74) is 3.66. The van der Waals surface area contributed by atoms with Gasteiger partial charge in [-0.1, -0.05) is 65.7 Å². The molecule has 0 aliphatic rings. The second kappa shape index (κ2) is 11.8. The molecule has 1 atom stereocenters. The lowest BCUT2D eigenvalue weighted by Crippen LogP contribution is -2.18. The van der Waals surface area contributed by atoms with E-state index in [1.807, 2.05) is 55.5 Å². The average molecular weight is 491 g/mol. The van der Waals surface area contributed by atoms with Gasteiger partial charge in [-0.15, -0.1) is 0 Å². The molecule has 180 valence electrons. The van der Waals surface area contributed by atoms with Gasteiger partial charge >= 0.3 is 5.97 Å². The summed E-state index contributed by atoms with van der Waals surface area (Å²) < 4.78 is 16.8. The number of hydrogen-bond donors (Lipinski definition) is 0. The lowest BCUT2D eigenvalue weighted by atomic mass is 10.1. The predicted octanol–water partition coefficient (Wildman–Crippen LogP) is 6.35. The molecule has 0 fully saturated rings. The molecule has 0 bridgehead atoms. The van der Waals surface area contributed by atoms with Crippen LogP contribution in [-0.2, 0) is 14.3 Å². The smallest absolute Gasteiger partial charge is 0.339 e. The van der Waals surface area contributed by atoms with Crippen molar-refractivity contribution in [3.8, 4) is 17.3 Å². The zero-order chi connectivity index (χ0) is 24.6. The Hall–Kier alpha value is -3.48. The molecule has 4 aromatic rings. The molecule has 0 saturated heterocycles. The van der Waals surface area contributed by atoms with E-state index in [2.05, 4.69) is 0 Å². The Morgan fingerprint density at radius 1 is 0.914 bits per heavy atom. The first kappa shape index (κ1) is 24.6. The van der Waals surface area contributed by atoms with E-state index in [0.717, 1.165) is 22.9 Å². The first-order valence-corrected chi connectivity index (χ1v) is 11.8. The highest BCUT2D eigenvalue weighted by Crippen LogP contribution is 2.27. The van der Waals surface area contributed by atoms with E-state index in [-0.39, 0.29) is 0 Å². The second-order valence-corrected chi connectivity index (χ2v) is 8.55. The largest absolute Gasteiger partial charge is 0.477 e. The van der Waals surface area contributed by atoms with Gasteiger partial charge in [0.25, 0.3) is 0 Å². The number of ether oxygens (including phenoxy) is 3. The van der Waals surface area contributed by atoms with Crippen molar-refractivity contribution in [3.05, 3.63) is 88.9 Å². The highest BCUT2D eigenvalue weighted by molar-refractivity contribution is 6.30. The number of para-hydroxylation sites is 1. The number of unbranched alkanes of at least 4 members (excludes halogenated alkanes) is 1. The van der Waals surface area contributed by atoms with Gasteiger partial charge in [-0.2, -0.15) is 4.98 Å². The lowest BCUT2D eigenvalue weighted by Gasteiger charge is -2.16. The van der Waals surface area contributed by atoms with Gasteiger partial charge in [0.15, 0.2) is 11.9 Å². The van der Waals surface area contributed by atoms with Crippen LogP contribution < -0.4 is 4.74 Å². The van der Waals surface area contributed by atoms with E-state index in [0.29, 0.717) is 41.9 Å². The molecular formula is C28H27ClN2O4. The number of esters is 1. The molecule has 1 unspecified atom stereocenters. The highest BCUT2D eigenvalue weighted by Gasteiger charge is 2.22. The first-order chi connectivity index (χ1) is 17.0. The van der Waals surface area contributed by atoms with Crippen LogP contribution in [0.2, 0.25) is 5.02 Å². The molecule has 1 heterocycles. The fourth-order valence-corrected chi connectivity index (χ4v) is 3.73. The van der Waals surface area contributed by atoms with Gasteiger partial charge in [0.05, 0.1) is 24.6 Å². The molecule has 0 spiro atoms. The van der Waals surface area contributed by atoms with Gasteiger partial charge in [-0.05, 0) is 49.6 Å². The van der Waals surface area contributed by atoms with Gasteiger partial charge in [-0.25, -0.2) is 9.78 Å². The maximum absolute atomic E-state index is 12.2. The van der Waals surface area contributed by atoms with Crippen LogP contribution >= 0.6 is 11.6 Å². The molecule has 0 radical (unpaired) electrons. The SMILES string of the molecule is COC(=O)C(OCCCCOc1nc(-c2ccc(C)cc2)nc2ccccc12)c1ccc(Cl)cc1. The van der Waals surface area contributed by atoms with Crippen LogP contribution in [0.3, 0.4) is 0 Å². The Bertz CT molecular complexity index is 1280. The second-order valence-electron chi connectivity index (χ2n) is 8.12. The summed E-state index contributed by atoms with van der Waals surface area (Å²) in [4.78, 5) is 21.6. The number of rotatable bonds is 10. The molecule has 35 heavy (non-hydrogen) atoms. The van der Waals surface area contributed by atoms with E-state index in [4.69, 9.17) is 35.8 Å². The molecule has 6 nitrogen and oxygen atoms in total. The number of carbonyl (C=O) groups excluding carboxylic acids is 1. The fraction of sp³-hybridized carbons (Fsp3) is 0.250. The summed E-state index contributed by atoms with van der Waals surface area (Å²) in [6, 6.07) is 22.9. The molecule has 3 aromatic carbocycles. The number of nitrogens with zero attached hydrogens (tertiary/aromatic N) is 2. The zero-order valence-electron chi connectivity index (χ0n) is 19.7. The summed E-state index contributed by atoms with van der Waals surface area (Å²) in [7, 11) is 1.35. The number of benzene rings is 3. The molecule has 7 heteroatoms. The van der Waals surface area contributed by atoms with Crippen LogP contribution in [0.15, 0.2) is 72.8 Å². The number of hydrogen-bond acceptors (Lipinski definition) is 6. The van der Waals surface area contributed by atoms with Crippen molar-refractivity contribution in [2.45, 2.75) is 25.9 Å². The zero-order valence-corrected chi connectivity index (χ0v) is 20.5. The third-order valence-electron chi connectivity index (χ3n) is 5.53. The lowest BCUT2D eigenvalue weighted by molar-refractivity contribution is -0.154. The van der Waals surface area contributed by atoms with Crippen LogP contribution in [0.1, 0.15) is 30.1 Å². The first-order valence-electron chi connectivity index (χ1n) is 11.5. The van der Waals surface area contributed by atoms with Gasteiger partial charge in [0.1, 0.15) is 0 Å². The monoisotopic (exact) mass is 490 g/mol. The van der Waals surface area contributed by atoms with E-state index in [1.165, 1.54) is 12.7 Å². The van der Waals surface area contributed by atoms with Crippen LogP contribution in [0.4, 0.5) is 0 Å². The molecule has 0 N–H and O–H groups in total. The number of halogens is 1. The Labute approximate surface area is 209 Å². The van der Waals surface area contributed by atoms with Crippen molar-refractivity contribution in [2.75, 3.05) is 20.3 Å². The van der Waals surface area contributed by atoms with E-state index < -0.39 is 12.1 Å². The van der Waals surface area contributed by atoms with Crippen LogP contribution in [0.5, 0.6) is 5.88 Å². The van der Waals surface area contributed by atoms with Crippen molar-refractivity contribution in [1.29, 1.82) is 0 Å². The van der Waals surface area contributed by atoms with Crippen molar-refractivity contribution in [3.63, 3.8) is 0 Å². The standard InChI is InChI=1S/C28H27ClN2O4/c1-19-9-11-21(12-10-19)26-30-24-8-4-3-7-23(24)27(31-26)35-18-6-5-17-34-25(28(32)33-2)20-13-15-22(29)16-14-20/h3-4,7-16,25H,5-6,17-18H2,1-2H3. The van der Waals surface area contributed by atoms with E-state index in [1.54, 1.807) is 24.3 Å².